The summed E-state index contributed by atoms with van der Waals surface area (Å²) >= 11 is 6.03. The van der Waals surface area contributed by atoms with Crippen LogP contribution in [0.3, 0.4) is 0 Å². The van der Waals surface area contributed by atoms with Gasteiger partial charge in [-0.2, -0.15) is 4.31 Å². The molecule has 0 unspecified atom stereocenters. The van der Waals surface area contributed by atoms with Crippen molar-refractivity contribution in [3.8, 4) is 5.75 Å². The third-order valence-corrected chi connectivity index (χ3v) is 6.21. The number of carbonyl (C=O) groups excluding carboxylic acids is 1. The number of nitrogens with zero attached hydrogens (tertiary/aromatic N) is 2. The molecule has 0 aliphatic carbocycles. The van der Waals surface area contributed by atoms with Gasteiger partial charge < -0.3 is 14.1 Å². The molecule has 134 valence electrons. The highest BCUT2D eigenvalue weighted by molar-refractivity contribution is 7.89. The highest BCUT2D eigenvalue weighted by Gasteiger charge is 2.31. The average molecular weight is 385 g/mol. The summed E-state index contributed by atoms with van der Waals surface area (Å²) in [5, 5.41) is 0.232. The summed E-state index contributed by atoms with van der Waals surface area (Å²) in [5.41, 5.74) is 0. The lowest BCUT2D eigenvalue weighted by Crippen LogP contribution is -2.50. The topological polar surface area (TPSA) is 80.1 Å². The van der Waals surface area contributed by atoms with Gasteiger partial charge in [-0.3, -0.25) is 4.79 Å². The molecule has 1 aromatic heterocycles. The molecule has 1 aliphatic heterocycles. The van der Waals surface area contributed by atoms with Gasteiger partial charge >= 0.3 is 0 Å². The number of benzene rings is 1. The fraction of sp³-hybridized carbons (Fsp3) is 0.312. The van der Waals surface area contributed by atoms with E-state index >= 15 is 0 Å². The van der Waals surface area contributed by atoms with E-state index in [4.69, 9.17) is 20.8 Å². The van der Waals surface area contributed by atoms with Crippen LogP contribution in [-0.2, 0) is 10.0 Å². The molecule has 0 atom stereocenters. The van der Waals surface area contributed by atoms with Gasteiger partial charge in [0.15, 0.2) is 5.76 Å². The van der Waals surface area contributed by atoms with E-state index in [1.54, 1.807) is 17.0 Å². The Labute approximate surface area is 150 Å². The molecule has 3 rings (SSSR count). The van der Waals surface area contributed by atoms with Gasteiger partial charge in [0.05, 0.1) is 23.3 Å². The Morgan fingerprint density at radius 3 is 2.48 bits per heavy atom. The number of amides is 1. The number of hydrogen-bond acceptors (Lipinski definition) is 5. The second-order valence-electron chi connectivity index (χ2n) is 5.47. The van der Waals surface area contributed by atoms with Gasteiger partial charge in [0, 0.05) is 26.2 Å². The predicted molar refractivity (Wildman–Crippen MR) is 91.4 cm³/mol. The molecule has 0 N–H and O–H groups in total. The number of sulfonamides is 1. The van der Waals surface area contributed by atoms with Crippen molar-refractivity contribution in [3.05, 3.63) is 47.4 Å². The van der Waals surface area contributed by atoms with Crippen LogP contribution in [0.2, 0.25) is 5.02 Å². The maximum atomic E-state index is 12.7. The van der Waals surface area contributed by atoms with Crippen LogP contribution in [0.15, 0.2) is 45.9 Å². The van der Waals surface area contributed by atoms with E-state index in [0.717, 1.165) is 0 Å². The monoisotopic (exact) mass is 384 g/mol. The first-order valence-corrected chi connectivity index (χ1v) is 9.42. The van der Waals surface area contributed by atoms with Crippen LogP contribution >= 0.6 is 11.6 Å². The zero-order valence-corrected chi connectivity index (χ0v) is 15.1. The van der Waals surface area contributed by atoms with Crippen molar-refractivity contribution in [1.29, 1.82) is 0 Å². The Hall–Kier alpha value is -2.03. The van der Waals surface area contributed by atoms with Gasteiger partial charge in [-0.1, -0.05) is 11.6 Å². The number of hydrogen-bond donors (Lipinski definition) is 0. The minimum atomic E-state index is -3.68. The number of furan rings is 1. The molecule has 1 amide bonds. The fourth-order valence-electron chi connectivity index (χ4n) is 2.64. The lowest BCUT2D eigenvalue weighted by molar-refractivity contribution is 0.0666. The third kappa shape index (κ3) is 3.51. The first-order chi connectivity index (χ1) is 11.9. The summed E-state index contributed by atoms with van der Waals surface area (Å²) < 4.78 is 37.0. The van der Waals surface area contributed by atoms with Gasteiger partial charge in [0.25, 0.3) is 5.91 Å². The highest BCUT2D eigenvalue weighted by Crippen LogP contribution is 2.28. The Morgan fingerprint density at radius 2 is 1.92 bits per heavy atom. The first-order valence-electron chi connectivity index (χ1n) is 7.60. The Balaban J connectivity index is 1.71. The van der Waals surface area contributed by atoms with Crippen molar-refractivity contribution < 1.29 is 22.4 Å². The Kier molecular flexibility index (Phi) is 5.03. The van der Waals surface area contributed by atoms with Gasteiger partial charge in [-0.05, 0) is 30.3 Å². The molecule has 0 radical (unpaired) electrons. The lowest BCUT2D eigenvalue weighted by Gasteiger charge is -2.33. The second-order valence-corrected chi connectivity index (χ2v) is 7.82. The Bertz CT molecular complexity index is 859. The van der Waals surface area contributed by atoms with Crippen LogP contribution in [0, 0.1) is 0 Å². The smallest absolute Gasteiger partial charge is 0.289 e. The molecular weight excluding hydrogens is 368 g/mol. The van der Waals surface area contributed by atoms with E-state index in [1.807, 2.05) is 0 Å². The van der Waals surface area contributed by atoms with Gasteiger partial charge in [0.1, 0.15) is 5.75 Å². The Morgan fingerprint density at radius 1 is 1.20 bits per heavy atom. The van der Waals surface area contributed by atoms with Crippen LogP contribution in [0.4, 0.5) is 0 Å². The number of carbonyl (C=O) groups is 1. The fourth-order valence-corrected chi connectivity index (χ4v) is 4.42. The minimum absolute atomic E-state index is 0.101. The van der Waals surface area contributed by atoms with E-state index in [1.165, 1.54) is 35.9 Å². The molecule has 0 spiro atoms. The van der Waals surface area contributed by atoms with E-state index in [2.05, 4.69) is 0 Å². The lowest BCUT2D eigenvalue weighted by atomic mass is 10.3. The zero-order valence-electron chi connectivity index (χ0n) is 13.5. The molecule has 1 aliphatic rings. The summed E-state index contributed by atoms with van der Waals surface area (Å²) in [6, 6.07) is 7.58. The van der Waals surface area contributed by atoms with Crippen molar-refractivity contribution >= 4 is 27.5 Å². The van der Waals surface area contributed by atoms with Crippen LogP contribution in [0.1, 0.15) is 10.6 Å². The summed E-state index contributed by atoms with van der Waals surface area (Å²) in [6.45, 7) is 1.00. The normalized spacial score (nSPS) is 16.0. The minimum Gasteiger partial charge on any atom is -0.495 e. The summed E-state index contributed by atoms with van der Waals surface area (Å²) in [7, 11) is -2.22. The predicted octanol–water partition coefficient (Wildman–Crippen LogP) is 2.09. The standard InChI is InChI=1S/C16H17ClN2O5S/c1-23-14-5-4-12(11-13(14)17)25(21,22)19-8-6-18(7-9-19)16(20)15-3-2-10-24-15/h2-5,10-11H,6-9H2,1H3. The molecule has 1 fully saturated rings. The highest BCUT2D eigenvalue weighted by atomic mass is 35.5. The van der Waals surface area contributed by atoms with Crippen LogP contribution in [-0.4, -0.2) is 56.8 Å². The maximum Gasteiger partial charge on any atom is 0.289 e. The molecule has 0 saturated carbocycles. The molecule has 0 bridgehead atoms. The number of ether oxygens (including phenoxy) is 1. The molecule has 2 heterocycles. The molecule has 9 heteroatoms. The number of rotatable bonds is 4. The average Bonchev–Trinajstić information content (AvgIpc) is 3.15. The molecule has 2 aromatic rings. The van der Waals surface area contributed by atoms with Gasteiger partial charge in [0.2, 0.25) is 10.0 Å². The molecule has 1 aromatic carbocycles. The quantitative estimate of drug-likeness (QED) is 0.806. The van der Waals surface area contributed by atoms with Gasteiger partial charge in [-0.25, -0.2) is 8.42 Å². The maximum absolute atomic E-state index is 12.7. The van der Waals surface area contributed by atoms with Crippen molar-refractivity contribution in [2.75, 3.05) is 33.3 Å². The van der Waals surface area contributed by atoms with Crippen LogP contribution in [0.5, 0.6) is 5.75 Å². The largest absolute Gasteiger partial charge is 0.495 e. The van der Waals surface area contributed by atoms with E-state index in [0.29, 0.717) is 18.8 Å². The summed E-state index contributed by atoms with van der Waals surface area (Å²) in [4.78, 5) is 13.9. The first kappa shape index (κ1) is 17.8. The van der Waals surface area contributed by atoms with Crippen molar-refractivity contribution in [2.45, 2.75) is 4.90 Å². The third-order valence-electron chi connectivity index (χ3n) is 4.02. The zero-order chi connectivity index (χ0) is 18.0. The van der Waals surface area contributed by atoms with Crippen molar-refractivity contribution in [3.63, 3.8) is 0 Å². The molecule has 7 nitrogen and oxygen atoms in total. The summed E-state index contributed by atoms with van der Waals surface area (Å²) in [5.74, 6) is 0.419. The van der Waals surface area contributed by atoms with E-state index < -0.39 is 10.0 Å². The van der Waals surface area contributed by atoms with E-state index in [9.17, 15) is 13.2 Å². The molecule has 25 heavy (non-hydrogen) atoms. The SMILES string of the molecule is COc1ccc(S(=O)(=O)N2CCN(C(=O)c3ccco3)CC2)cc1Cl. The number of halogens is 1. The number of methoxy groups -OCH3 is 1. The number of piperazine rings is 1. The van der Waals surface area contributed by atoms with Crippen molar-refractivity contribution in [2.24, 2.45) is 0 Å². The van der Waals surface area contributed by atoms with Crippen LogP contribution in [0.25, 0.3) is 0 Å². The van der Waals surface area contributed by atoms with E-state index in [-0.39, 0.29) is 34.7 Å². The second kappa shape index (κ2) is 7.07. The van der Waals surface area contributed by atoms with Crippen LogP contribution < -0.4 is 4.74 Å². The molecule has 1 saturated heterocycles. The van der Waals surface area contributed by atoms with Gasteiger partial charge in [-0.15, -0.1) is 0 Å². The molecular formula is C16H17ClN2O5S. The van der Waals surface area contributed by atoms with Crippen molar-refractivity contribution in [1.82, 2.24) is 9.21 Å². The summed E-state index contributed by atoms with van der Waals surface area (Å²) in [6.07, 6.45) is 1.43.